The van der Waals surface area contributed by atoms with Gasteiger partial charge in [-0.25, -0.2) is 8.42 Å². The molecular weight excluding hydrogens is 314 g/mol. The number of nitrogens with zero attached hydrogens (tertiary/aromatic N) is 1. The third-order valence-electron chi connectivity index (χ3n) is 4.57. The largest absolute Gasteiger partial charge is 0.264 e. The Morgan fingerprint density at radius 2 is 1.91 bits per heavy atom. The Morgan fingerprint density at radius 3 is 2.48 bits per heavy atom. The van der Waals surface area contributed by atoms with Crippen LogP contribution < -0.4 is 0 Å². The molecule has 0 bridgehead atoms. The van der Waals surface area contributed by atoms with Crippen molar-refractivity contribution >= 4 is 9.84 Å². The van der Waals surface area contributed by atoms with Crippen molar-refractivity contribution in [1.82, 2.24) is 0 Å². The van der Waals surface area contributed by atoms with Crippen molar-refractivity contribution in [3.8, 4) is 0 Å². The van der Waals surface area contributed by atoms with E-state index in [1.807, 2.05) is 0 Å². The summed E-state index contributed by atoms with van der Waals surface area (Å²) in [5, 5.41) is 10.5. The van der Waals surface area contributed by atoms with Crippen molar-refractivity contribution in [1.29, 1.82) is 0 Å². The van der Waals surface area contributed by atoms with Crippen LogP contribution in [0.3, 0.4) is 0 Å². The van der Waals surface area contributed by atoms with Gasteiger partial charge in [0.15, 0.2) is 9.84 Å². The molecule has 1 saturated carbocycles. The Bertz CT molecular complexity index is 669. The Balaban J connectivity index is 2.36. The number of sulfone groups is 1. The molecule has 0 aromatic heterocycles. The molecule has 1 aliphatic rings. The van der Waals surface area contributed by atoms with E-state index in [-0.39, 0.29) is 16.2 Å². The minimum atomic E-state index is -3.64. The van der Waals surface area contributed by atoms with Gasteiger partial charge in [-0.3, -0.25) is 10.1 Å². The summed E-state index contributed by atoms with van der Waals surface area (Å²) in [5.41, 5.74) is 0.469. The molecule has 1 aromatic rings. The summed E-state index contributed by atoms with van der Waals surface area (Å²) in [5.74, 6) is -0.491. The van der Waals surface area contributed by atoms with Crippen molar-refractivity contribution in [2.75, 3.05) is 0 Å². The summed E-state index contributed by atoms with van der Waals surface area (Å²) in [4.78, 5) is 11.3. The minimum Gasteiger partial charge on any atom is -0.264 e. The van der Waals surface area contributed by atoms with Crippen molar-refractivity contribution < 1.29 is 13.3 Å². The molecule has 6 heteroatoms. The predicted molar refractivity (Wildman–Crippen MR) is 89.6 cm³/mol. The molecular formula is C17H23NO4S. The highest BCUT2D eigenvalue weighted by Gasteiger charge is 2.51. The maximum Gasteiger partial charge on any atom is 0.221 e. The van der Waals surface area contributed by atoms with Crippen LogP contribution in [0.15, 0.2) is 47.4 Å². The summed E-state index contributed by atoms with van der Waals surface area (Å²) in [6.07, 6.45) is 3.45. The topological polar surface area (TPSA) is 77.3 Å². The van der Waals surface area contributed by atoms with Gasteiger partial charge in [0.1, 0.15) is 0 Å². The van der Waals surface area contributed by atoms with E-state index in [2.05, 4.69) is 13.5 Å². The van der Waals surface area contributed by atoms with E-state index in [0.29, 0.717) is 12.0 Å². The third-order valence-corrected chi connectivity index (χ3v) is 6.86. The zero-order valence-corrected chi connectivity index (χ0v) is 14.2. The number of nitro groups is 1. The summed E-state index contributed by atoms with van der Waals surface area (Å²) < 4.78 is 25.9. The fraction of sp³-hybridized carbons (Fsp3) is 0.529. The number of unbranched alkanes of at least 4 members (excludes halogenated alkanes) is 2. The molecule has 126 valence electrons. The molecule has 1 aromatic carbocycles. The molecule has 3 atom stereocenters. The lowest BCUT2D eigenvalue weighted by atomic mass is 9.96. The SMILES string of the molecule is C=C1C[C@@H]([N+](=O)[O-])[C@H](CCCCC)[C@@H]1S(=O)(=O)c1ccccc1. The van der Waals surface area contributed by atoms with Gasteiger partial charge in [-0.15, -0.1) is 0 Å². The molecule has 5 nitrogen and oxygen atoms in total. The zero-order valence-electron chi connectivity index (χ0n) is 13.3. The molecule has 0 N–H and O–H groups in total. The maximum atomic E-state index is 13.0. The molecule has 2 rings (SSSR count). The van der Waals surface area contributed by atoms with Gasteiger partial charge in [0.2, 0.25) is 6.04 Å². The fourth-order valence-electron chi connectivity index (χ4n) is 3.45. The molecule has 0 radical (unpaired) electrons. The standard InChI is InChI=1S/C17H23NO4S/c1-3-4-6-11-15-16(18(19)20)12-13(2)17(15)23(21,22)14-9-7-5-8-10-14/h5,7-10,15-17H,2-4,6,11-12H2,1H3/t15-,16+,17+/m0/s1. The summed E-state index contributed by atoms with van der Waals surface area (Å²) in [6.45, 7) is 5.91. The van der Waals surface area contributed by atoms with Gasteiger partial charge in [-0.05, 0) is 18.6 Å². The van der Waals surface area contributed by atoms with Gasteiger partial charge in [0, 0.05) is 17.3 Å². The van der Waals surface area contributed by atoms with Crippen LogP contribution in [0.5, 0.6) is 0 Å². The van der Waals surface area contributed by atoms with Crippen molar-refractivity contribution in [3.05, 3.63) is 52.6 Å². The fourth-order valence-corrected chi connectivity index (χ4v) is 5.59. The monoisotopic (exact) mass is 337 g/mol. The molecule has 23 heavy (non-hydrogen) atoms. The van der Waals surface area contributed by atoms with Crippen LogP contribution in [0.1, 0.15) is 39.0 Å². The predicted octanol–water partition coefficient (Wildman–Crippen LogP) is 3.63. The Kier molecular flexibility index (Phi) is 5.57. The Morgan fingerprint density at radius 1 is 1.26 bits per heavy atom. The van der Waals surface area contributed by atoms with Crippen LogP contribution in [0.4, 0.5) is 0 Å². The van der Waals surface area contributed by atoms with E-state index >= 15 is 0 Å². The Hall–Kier alpha value is -1.69. The highest BCUT2D eigenvalue weighted by Crippen LogP contribution is 2.41. The molecule has 0 aliphatic heterocycles. The van der Waals surface area contributed by atoms with Crippen molar-refractivity contribution in [2.24, 2.45) is 5.92 Å². The highest BCUT2D eigenvalue weighted by atomic mass is 32.2. The molecule has 0 saturated heterocycles. The van der Waals surface area contributed by atoms with Crippen LogP contribution in [-0.2, 0) is 9.84 Å². The number of benzene rings is 1. The van der Waals surface area contributed by atoms with Crippen LogP contribution in [0, 0.1) is 16.0 Å². The van der Waals surface area contributed by atoms with E-state index in [1.54, 1.807) is 30.3 Å². The summed E-state index contributed by atoms with van der Waals surface area (Å²) in [7, 11) is -3.64. The van der Waals surface area contributed by atoms with Gasteiger partial charge in [0.25, 0.3) is 0 Å². The molecule has 1 fully saturated rings. The Labute approximate surface area is 137 Å². The first-order chi connectivity index (χ1) is 10.9. The van der Waals surface area contributed by atoms with Crippen molar-refractivity contribution in [3.63, 3.8) is 0 Å². The molecule has 1 aliphatic carbocycles. The molecule has 0 unspecified atom stereocenters. The zero-order chi connectivity index (χ0) is 17.0. The molecule has 0 heterocycles. The lowest BCUT2D eigenvalue weighted by Gasteiger charge is -2.21. The molecule has 0 spiro atoms. The van der Waals surface area contributed by atoms with Gasteiger partial charge in [-0.1, -0.05) is 56.5 Å². The van der Waals surface area contributed by atoms with E-state index in [1.165, 1.54) is 0 Å². The van der Waals surface area contributed by atoms with Gasteiger partial charge >= 0.3 is 0 Å². The van der Waals surface area contributed by atoms with Gasteiger partial charge < -0.3 is 0 Å². The summed E-state index contributed by atoms with van der Waals surface area (Å²) >= 11 is 0. The first-order valence-corrected chi connectivity index (χ1v) is 9.54. The normalized spacial score (nSPS) is 24.7. The van der Waals surface area contributed by atoms with Crippen molar-refractivity contribution in [2.45, 2.75) is 55.2 Å². The average molecular weight is 337 g/mol. The summed E-state index contributed by atoms with van der Waals surface area (Å²) in [6, 6.07) is 7.34. The number of rotatable bonds is 7. The minimum absolute atomic E-state index is 0.153. The second-order valence-corrected chi connectivity index (χ2v) is 8.22. The van der Waals surface area contributed by atoms with Gasteiger partial charge in [0.05, 0.1) is 10.1 Å². The molecule has 0 amide bonds. The second kappa shape index (κ2) is 7.25. The lowest BCUT2D eigenvalue weighted by Crippen LogP contribution is -2.34. The average Bonchev–Trinajstić information content (AvgIpc) is 2.86. The number of hydrogen-bond acceptors (Lipinski definition) is 4. The van der Waals surface area contributed by atoms with Crippen LogP contribution >= 0.6 is 0 Å². The van der Waals surface area contributed by atoms with Crippen LogP contribution in [-0.4, -0.2) is 24.6 Å². The number of hydrogen-bond donors (Lipinski definition) is 0. The van der Waals surface area contributed by atoms with E-state index in [4.69, 9.17) is 0 Å². The van der Waals surface area contributed by atoms with E-state index < -0.39 is 27.0 Å². The van der Waals surface area contributed by atoms with E-state index in [0.717, 1.165) is 19.3 Å². The quantitative estimate of drug-likeness (QED) is 0.329. The lowest BCUT2D eigenvalue weighted by molar-refractivity contribution is -0.528. The van der Waals surface area contributed by atoms with Crippen LogP contribution in [0.2, 0.25) is 0 Å². The van der Waals surface area contributed by atoms with E-state index in [9.17, 15) is 18.5 Å². The van der Waals surface area contributed by atoms with Gasteiger partial charge in [-0.2, -0.15) is 0 Å². The van der Waals surface area contributed by atoms with Crippen LogP contribution in [0.25, 0.3) is 0 Å². The maximum absolute atomic E-state index is 13.0. The second-order valence-electron chi connectivity index (χ2n) is 6.15. The highest BCUT2D eigenvalue weighted by molar-refractivity contribution is 7.92. The first-order valence-electron chi connectivity index (χ1n) is 7.99. The smallest absolute Gasteiger partial charge is 0.221 e. The first kappa shape index (κ1) is 17.7. The third kappa shape index (κ3) is 3.63.